The molecule has 0 saturated carbocycles. The maximum Gasteiger partial charge on any atom is 0.326 e. The van der Waals surface area contributed by atoms with Crippen LogP contribution in [0.2, 0.25) is 0 Å². The van der Waals surface area contributed by atoms with Crippen molar-refractivity contribution < 1.29 is 19.1 Å². The van der Waals surface area contributed by atoms with Crippen LogP contribution in [0.4, 0.5) is 4.79 Å². The number of aryl methyl sites for hydroxylation is 1. The van der Waals surface area contributed by atoms with Crippen LogP contribution in [-0.4, -0.2) is 46.5 Å². The van der Waals surface area contributed by atoms with Crippen molar-refractivity contribution in [3.63, 3.8) is 0 Å². The van der Waals surface area contributed by atoms with Gasteiger partial charge in [0, 0.05) is 13.6 Å². The zero-order valence-electron chi connectivity index (χ0n) is 12.7. The van der Waals surface area contributed by atoms with Crippen molar-refractivity contribution in [3.05, 3.63) is 23.7 Å². The normalized spacial score (nSPS) is 22.1. The second kappa shape index (κ2) is 6.20. The number of urea groups is 1. The van der Waals surface area contributed by atoms with Gasteiger partial charge in [0.2, 0.25) is 0 Å². The van der Waals surface area contributed by atoms with Gasteiger partial charge >= 0.3 is 12.0 Å². The molecule has 1 saturated heterocycles. The van der Waals surface area contributed by atoms with Crippen LogP contribution in [0.5, 0.6) is 0 Å². The Bertz CT molecular complexity index is 525. The highest BCUT2D eigenvalue weighted by atomic mass is 16.4. The smallest absolute Gasteiger partial charge is 0.326 e. The van der Waals surface area contributed by atoms with E-state index in [9.17, 15) is 14.7 Å². The molecule has 0 spiro atoms. The Labute approximate surface area is 124 Å². The Morgan fingerprint density at radius 1 is 1.48 bits per heavy atom. The van der Waals surface area contributed by atoms with Crippen molar-refractivity contribution in [2.75, 3.05) is 13.6 Å². The Hall–Kier alpha value is -1.98. The van der Waals surface area contributed by atoms with Gasteiger partial charge in [0.15, 0.2) is 0 Å². The number of carbonyl (C=O) groups is 2. The molecule has 1 aromatic rings. The molecule has 1 fully saturated rings. The lowest BCUT2D eigenvalue weighted by Crippen LogP contribution is -2.55. The number of piperidine rings is 1. The van der Waals surface area contributed by atoms with E-state index >= 15 is 0 Å². The quantitative estimate of drug-likeness (QED) is 0.928. The highest BCUT2D eigenvalue weighted by Gasteiger charge is 2.38. The van der Waals surface area contributed by atoms with E-state index in [1.165, 1.54) is 9.80 Å². The van der Waals surface area contributed by atoms with Gasteiger partial charge in [-0.15, -0.1) is 0 Å². The van der Waals surface area contributed by atoms with Gasteiger partial charge in [-0.05, 0) is 37.8 Å². The third kappa shape index (κ3) is 3.37. The number of carboxylic acids is 1. The van der Waals surface area contributed by atoms with E-state index in [2.05, 4.69) is 0 Å². The average Bonchev–Trinajstić information content (AvgIpc) is 2.82. The molecule has 6 heteroatoms. The SMILES string of the molecule is Cc1ccc(CN(C)C(=O)N2CCCC(C)C2C(=O)O)o1. The van der Waals surface area contributed by atoms with Crippen molar-refractivity contribution in [2.24, 2.45) is 5.92 Å². The molecule has 6 nitrogen and oxygen atoms in total. The number of carboxylic acid groups (broad SMARTS) is 1. The first-order valence-corrected chi connectivity index (χ1v) is 7.20. The van der Waals surface area contributed by atoms with E-state index in [-0.39, 0.29) is 11.9 Å². The lowest BCUT2D eigenvalue weighted by atomic mass is 9.91. The fourth-order valence-corrected chi connectivity index (χ4v) is 2.87. The lowest BCUT2D eigenvalue weighted by Gasteiger charge is -2.39. The van der Waals surface area contributed by atoms with Gasteiger partial charge in [0.05, 0.1) is 6.54 Å². The van der Waals surface area contributed by atoms with Crippen LogP contribution in [0.3, 0.4) is 0 Å². The minimum absolute atomic E-state index is 0.0283. The average molecular weight is 294 g/mol. The van der Waals surface area contributed by atoms with Crippen LogP contribution in [0, 0.1) is 12.8 Å². The molecule has 2 rings (SSSR count). The molecule has 2 unspecified atom stereocenters. The first-order valence-electron chi connectivity index (χ1n) is 7.20. The Morgan fingerprint density at radius 2 is 2.19 bits per heavy atom. The summed E-state index contributed by atoms with van der Waals surface area (Å²) in [7, 11) is 1.67. The summed E-state index contributed by atoms with van der Waals surface area (Å²) in [4.78, 5) is 26.9. The molecule has 0 bridgehead atoms. The zero-order valence-corrected chi connectivity index (χ0v) is 12.7. The summed E-state index contributed by atoms with van der Waals surface area (Å²) in [6, 6.07) is 2.67. The predicted molar refractivity (Wildman–Crippen MR) is 76.8 cm³/mol. The summed E-state index contributed by atoms with van der Waals surface area (Å²) in [5.41, 5.74) is 0. The predicted octanol–water partition coefficient (Wildman–Crippen LogP) is 2.32. The summed E-state index contributed by atoms with van der Waals surface area (Å²) in [5, 5.41) is 9.37. The Kier molecular flexibility index (Phi) is 4.55. The third-order valence-corrected chi connectivity index (χ3v) is 3.95. The highest BCUT2D eigenvalue weighted by Crippen LogP contribution is 2.25. The van der Waals surface area contributed by atoms with Crippen LogP contribution in [0.25, 0.3) is 0 Å². The Morgan fingerprint density at radius 3 is 2.76 bits per heavy atom. The molecule has 116 valence electrons. The highest BCUT2D eigenvalue weighted by molar-refractivity contribution is 5.83. The maximum absolute atomic E-state index is 12.5. The largest absolute Gasteiger partial charge is 0.480 e. The summed E-state index contributed by atoms with van der Waals surface area (Å²) in [6.45, 7) is 4.55. The summed E-state index contributed by atoms with van der Waals surface area (Å²) in [6.07, 6.45) is 1.67. The molecule has 1 N–H and O–H groups in total. The summed E-state index contributed by atoms with van der Waals surface area (Å²) >= 11 is 0. The van der Waals surface area contributed by atoms with E-state index in [4.69, 9.17) is 4.42 Å². The second-order valence-electron chi connectivity index (χ2n) is 5.75. The molecule has 0 aromatic carbocycles. The van der Waals surface area contributed by atoms with Gasteiger partial charge in [0.25, 0.3) is 0 Å². The van der Waals surface area contributed by atoms with Crippen LogP contribution in [-0.2, 0) is 11.3 Å². The van der Waals surface area contributed by atoms with Crippen LogP contribution >= 0.6 is 0 Å². The summed E-state index contributed by atoms with van der Waals surface area (Å²) < 4.78 is 5.46. The van der Waals surface area contributed by atoms with E-state index in [0.717, 1.165) is 18.6 Å². The topological polar surface area (TPSA) is 74.0 Å². The van der Waals surface area contributed by atoms with Crippen molar-refractivity contribution in [2.45, 2.75) is 39.3 Å². The number of carbonyl (C=O) groups excluding carboxylic acids is 1. The van der Waals surface area contributed by atoms with Gasteiger partial charge in [-0.3, -0.25) is 0 Å². The molecule has 0 radical (unpaired) electrons. The molecule has 0 aliphatic carbocycles. The van der Waals surface area contributed by atoms with Crippen LogP contribution < -0.4 is 0 Å². The van der Waals surface area contributed by atoms with Crippen LogP contribution in [0.15, 0.2) is 16.5 Å². The number of amides is 2. The Balaban J connectivity index is 2.07. The number of likely N-dealkylation sites (tertiary alicyclic amines) is 1. The molecule has 1 aliphatic rings. The molecular formula is C15H22N2O4. The number of aliphatic carboxylic acids is 1. The second-order valence-corrected chi connectivity index (χ2v) is 5.75. The van der Waals surface area contributed by atoms with E-state index < -0.39 is 12.0 Å². The fraction of sp³-hybridized carbons (Fsp3) is 0.600. The van der Waals surface area contributed by atoms with E-state index in [1.54, 1.807) is 7.05 Å². The maximum atomic E-state index is 12.5. The minimum Gasteiger partial charge on any atom is -0.480 e. The molecule has 2 heterocycles. The molecule has 21 heavy (non-hydrogen) atoms. The van der Waals surface area contributed by atoms with E-state index in [1.807, 2.05) is 26.0 Å². The fourth-order valence-electron chi connectivity index (χ4n) is 2.87. The first kappa shape index (κ1) is 15.4. The van der Waals surface area contributed by atoms with Gasteiger partial charge < -0.3 is 19.3 Å². The zero-order chi connectivity index (χ0) is 15.6. The third-order valence-electron chi connectivity index (χ3n) is 3.95. The number of nitrogens with zero attached hydrogens (tertiary/aromatic N) is 2. The first-order chi connectivity index (χ1) is 9.90. The van der Waals surface area contributed by atoms with Crippen molar-refractivity contribution in [1.82, 2.24) is 9.80 Å². The van der Waals surface area contributed by atoms with Crippen molar-refractivity contribution in [3.8, 4) is 0 Å². The van der Waals surface area contributed by atoms with Gasteiger partial charge in [-0.25, -0.2) is 9.59 Å². The lowest BCUT2D eigenvalue weighted by molar-refractivity contribution is -0.145. The summed E-state index contributed by atoms with van der Waals surface area (Å²) in [5.74, 6) is 0.526. The molecule has 2 atom stereocenters. The molecular weight excluding hydrogens is 272 g/mol. The molecule has 1 aliphatic heterocycles. The van der Waals surface area contributed by atoms with Crippen molar-refractivity contribution in [1.29, 1.82) is 0 Å². The van der Waals surface area contributed by atoms with Gasteiger partial charge in [-0.1, -0.05) is 6.92 Å². The molecule has 2 amide bonds. The van der Waals surface area contributed by atoms with E-state index in [0.29, 0.717) is 18.8 Å². The van der Waals surface area contributed by atoms with Crippen LogP contribution in [0.1, 0.15) is 31.3 Å². The number of hydrogen-bond acceptors (Lipinski definition) is 3. The molecule has 1 aromatic heterocycles. The van der Waals surface area contributed by atoms with Gasteiger partial charge in [0.1, 0.15) is 17.6 Å². The van der Waals surface area contributed by atoms with Crippen molar-refractivity contribution >= 4 is 12.0 Å². The monoisotopic (exact) mass is 294 g/mol. The number of rotatable bonds is 3. The minimum atomic E-state index is -0.933. The standard InChI is InChI=1S/C15H22N2O4/c1-10-5-4-8-17(13(10)14(18)19)15(20)16(3)9-12-7-6-11(2)21-12/h6-7,10,13H,4-5,8-9H2,1-3H3,(H,18,19). The van der Waals surface area contributed by atoms with Gasteiger partial charge in [-0.2, -0.15) is 0 Å². The number of hydrogen-bond donors (Lipinski definition) is 1. The number of furan rings is 1.